The lowest BCUT2D eigenvalue weighted by atomic mass is 9.88. The fourth-order valence-electron chi connectivity index (χ4n) is 5.05. The molecule has 0 fully saturated rings. The van der Waals surface area contributed by atoms with Crippen LogP contribution in [0.15, 0.2) is 78.9 Å². The van der Waals surface area contributed by atoms with Crippen LogP contribution in [-0.4, -0.2) is 47.8 Å². The van der Waals surface area contributed by atoms with E-state index in [1.807, 2.05) is 12.1 Å². The van der Waals surface area contributed by atoms with Crippen molar-refractivity contribution in [2.24, 2.45) is 0 Å². The molecule has 3 aromatic rings. The number of unbranched alkanes of at least 4 members (excludes halogenated alkanes) is 1. The van der Waals surface area contributed by atoms with Crippen LogP contribution >= 0.6 is 0 Å². The summed E-state index contributed by atoms with van der Waals surface area (Å²) in [5.41, 5.74) is 5.31. The van der Waals surface area contributed by atoms with Gasteiger partial charge in [-0.2, -0.15) is 0 Å². The number of nitrogens with zero attached hydrogens (tertiary/aromatic N) is 2. The second kappa shape index (κ2) is 9.09. The molecular weight excluding hydrogens is 396 g/mol. The lowest BCUT2D eigenvalue weighted by molar-refractivity contribution is 0.0650. The molecule has 0 radical (unpaired) electrons. The largest absolute Gasteiger partial charge is 0.302 e. The molecule has 4 nitrogen and oxygen atoms in total. The van der Waals surface area contributed by atoms with Gasteiger partial charge in [0.15, 0.2) is 0 Å². The first-order chi connectivity index (χ1) is 15.7. The predicted octanol–water partition coefficient (Wildman–Crippen LogP) is 4.75. The zero-order valence-corrected chi connectivity index (χ0v) is 18.2. The number of carbonyl (C=O) groups excluding carboxylic acids is 2. The molecule has 0 bridgehead atoms. The van der Waals surface area contributed by atoms with Gasteiger partial charge in [0.2, 0.25) is 0 Å². The molecule has 2 aliphatic heterocycles. The number of fused-ring (bicyclic) bond motifs is 2. The van der Waals surface area contributed by atoms with Gasteiger partial charge in [-0.05, 0) is 54.6 Å². The van der Waals surface area contributed by atoms with Crippen molar-refractivity contribution in [3.05, 3.63) is 107 Å². The number of benzene rings is 3. The fraction of sp³-hybridized carbons (Fsp3) is 0.286. The maximum Gasteiger partial charge on any atom is 0.261 e. The number of imide groups is 1. The van der Waals surface area contributed by atoms with E-state index >= 15 is 0 Å². The van der Waals surface area contributed by atoms with E-state index in [9.17, 15) is 9.59 Å². The Kier molecular flexibility index (Phi) is 5.87. The van der Waals surface area contributed by atoms with E-state index in [-0.39, 0.29) is 11.8 Å². The van der Waals surface area contributed by atoms with Crippen molar-refractivity contribution < 1.29 is 9.59 Å². The van der Waals surface area contributed by atoms with Gasteiger partial charge in [-0.3, -0.25) is 14.5 Å². The molecule has 0 saturated carbocycles. The molecule has 0 N–H and O–H groups in total. The van der Waals surface area contributed by atoms with Crippen molar-refractivity contribution >= 4 is 11.8 Å². The molecule has 3 aromatic carbocycles. The summed E-state index contributed by atoms with van der Waals surface area (Å²) in [4.78, 5) is 29.1. The summed E-state index contributed by atoms with van der Waals surface area (Å²) in [6, 6.07) is 26.7. The number of rotatable bonds is 6. The highest BCUT2D eigenvalue weighted by Gasteiger charge is 2.34. The summed E-state index contributed by atoms with van der Waals surface area (Å²) in [6.07, 6.45) is 2.84. The van der Waals surface area contributed by atoms with E-state index in [2.05, 4.69) is 59.5 Å². The Morgan fingerprint density at radius 3 is 2.09 bits per heavy atom. The zero-order valence-electron chi connectivity index (χ0n) is 18.2. The minimum atomic E-state index is -0.153. The molecule has 1 atom stereocenters. The number of amides is 2. The number of hydrogen-bond acceptors (Lipinski definition) is 3. The van der Waals surface area contributed by atoms with Gasteiger partial charge in [0.1, 0.15) is 0 Å². The predicted molar refractivity (Wildman–Crippen MR) is 126 cm³/mol. The Morgan fingerprint density at radius 2 is 1.34 bits per heavy atom. The summed E-state index contributed by atoms with van der Waals surface area (Å²) < 4.78 is 0. The second-order valence-corrected chi connectivity index (χ2v) is 8.73. The van der Waals surface area contributed by atoms with Crippen LogP contribution in [0.3, 0.4) is 0 Å². The third kappa shape index (κ3) is 3.98. The molecule has 2 aliphatic rings. The van der Waals surface area contributed by atoms with E-state index in [0.717, 1.165) is 38.9 Å². The third-order valence-electron chi connectivity index (χ3n) is 6.75. The highest BCUT2D eigenvalue weighted by molar-refractivity contribution is 6.21. The molecule has 1 unspecified atom stereocenters. The van der Waals surface area contributed by atoms with Gasteiger partial charge in [-0.15, -0.1) is 0 Å². The average molecular weight is 425 g/mol. The summed E-state index contributed by atoms with van der Waals surface area (Å²) in [5, 5.41) is 0. The molecule has 0 saturated heterocycles. The van der Waals surface area contributed by atoms with E-state index < -0.39 is 0 Å². The smallest absolute Gasteiger partial charge is 0.261 e. The Morgan fingerprint density at radius 1 is 0.719 bits per heavy atom. The van der Waals surface area contributed by atoms with Crippen LogP contribution in [0.5, 0.6) is 0 Å². The fourth-order valence-corrected chi connectivity index (χ4v) is 5.05. The van der Waals surface area contributed by atoms with Crippen LogP contribution in [0.2, 0.25) is 0 Å². The molecule has 32 heavy (non-hydrogen) atoms. The van der Waals surface area contributed by atoms with Gasteiger partial charge in [-0.25, -0.2) is 0 Å². The van der Waals surface area contributed by atoms with Gasteiger partial charge in [0.05, 0.1) is 11.1 Å². The lowest BCUT2D eigenvalue weighted by Gasteiger charge is -2.25. The van der Waals surface area contributed by atoms with Crippen LogP contribution in [0, 0.1) is 0 Å². The van der Waals surface area contributed by atoms with Gasteiger partial charge >= 0.3 is 0 Å². The minimum absolute atomic E-state index is 0.153. The third-order valence-corrected chi connectivity index (χ3v) is 6.75. The summed E-state index contributed by atoms with van der Waals surface area (Å²) in [5.74, 6) is 0.0612. The quantitative estimate of drug-likeness (QED) is 0.423. The Bertz CT molecular complexity index is 1090. The average Bonchev–Trinajstić information content (AvgIpc) is 2.98. The van der Waals surface area contributed by atoms with Crippen molar-refractivity contribution in [1.82, 2.24) is 9.80 Å². The lowest BCUT2D eigenvalue weighted by Crippen LogP contribution is -2.32. The maximum absolute atomic E-state index is 12.6. The van der Waals surface area contributed by atoms with E-state index in [1.165, 1.54) is 21.6 Å². The van der Waals surface area contributed by atoms with Gasteiger partial charge in [-0.1, -0.05) is 66.7 Å². The normalized spacial score (nSPS) is 18.4. The zero-order chi connectivity index (χ0) is 21.9. The van der Waals surface area contributed by atoms with Crippen LogP contribution < -0.4 is 0 Å². The van der Waals surface area contributed by atoms with Crippen LogP contribution in [0.4, 0.5) is 0 Å². The van der Waals surface area contributed by atoms with Gasteiger partial charge < -0.3 is 4.90 Å². The van der Waals surface area contributed by atoms with Crippen molar-refractivity contribution in [3.8, 4) is 0 Å². The Balaban J connectivity index is 1.21. The standard InChI is InChI=1S/C28H28N2O2/c31-27-24-14-6-7-15-25(24)28(32)30(27)18-9-8-17-29-19-16-22-12-4-5-13-23(22)26(20-29)21-10-2-1-3-11-21/h1-7,10-15,26H,8-9,16-20H2. The van der Waals surface area contributed by atoms with E-state index in [1.54, 1.807) is 12.1 Å². The molecule has 2 heterocycles. The first kappa shape index (κ1) is 20.7. The van der Waals surface area contributed by atoms with Crippen molar-refractivity contribution in [2.75, 3.05) is 26.2 Å². The number of hydrogen-bond donors (Lipinski definition) is 0. The Labute approximate surface area is 189 Å². The highest BCUT2D eigenvalue weighted by atomic mass is 16.2. The van der Waals surface area contributed by atoms with E-state index in [4.69, 9.17) is 0 Å². The van der Waals surface area contributed by atoms with E-state index in [0.29, 0.717) is 23.6 Å². The molecule has 162 valence electrons. The first-order valence-electron chi connectivity index (χ1n) is 11.5. The highest BCUT2D eigenvalue weighted by Crippen LogP contribution is 2.31. The molecule has 5 rings (SSSR count). The monoisotopic (exact) mass is 424 g/mol. The van der Waals surface area contributed by atoms with Crippen LogP contribution in [0.25, 0.3) is 0 Å². The molecule has 4 heteroatoms. The molecule has 0 aromatic heterocycles. The van der Waals surface area contributed by atoms with Gasteiger partial charge in [0, 0.05) is 25.6 Å². The second-order valence-electron chi connectivity index (χ2n) is 8.73. The Hall–Kier alpha value is -3.24. The SMILES string of the molecule is O=C1c2ccccc2C(=O)N1CCCCN1CCc2ccccc2C(c2ccccc2)C1. The van der Waals surface area contributed by atoms with Crippen molar-refractivity contribution in [1.29, 1.82) is 0 Å². The van der Waals surface area contributed by atoms with Crippen molar-refractivity contribution in [3.63, 3.8) is 0 Å². The van der Waals surface area contributed by atoms with Crippen molar-refractivity contribution in [2.45, 2.75) is 25.2 Å². The number of carbonyl (C=O) groups is 2. The summed E-state index contributed by atoms with van der Waals surface area (Å²) in [6.45, 7) is 3.49. The maximum atomic E-state index is 12.6. The molecule has 0 spiro atoms. The summed E-state index contributed by atoms with van der Waals surface area (Å²) >= 11 is 0. The van der Waals surface area contributed by atoms with Crippen LogP contribution in [-0.2, 0) is 6.42 Å². The van der Waals surface area contributed by atoms with Crippen LogP contribution in [0.1, 0.15) is 56.2 Å². The molecule has 0 aliphatic carbocycles. The summed E-state index contributed by atoms with van der Waals surface area (Å²) in [7, 11) is 0. The molecule has 2 amide bonds. The van der Waals surface area contributed by atoms with Gasteiger partial charge in [0.25, 0.3) is 11.8 Å². The first-order valence-corrected chi connectivity index (χ1v) is 11.5. The molecular formula is C28H28N2O2. The minimum Gasteiger partial charge on any atom is -0.302 e. The topological polar surface area (TPSA) is 40.6 Å².